The highest BCUT2D eigenvalue weighted by Crippen LogP contribution is 2.34. The number of aliphatic carboxylic acids is 1. The number of nitrogens with zero attached hydrogens (tertiary/aromatic N) is 5. The summed E-state index contributed by atoms with van der Waals surface area (Å²) in [6.07, 6.45) is 2.59. The minimum Gasteiger partial charge on any atom is -0.496 e. The summed E-state index contributed by atoms with van der Waals surface area (Å²) in [5.74, 6) is -1.60. The van der Waals surface area contributed by atoms with Crippen molar-refractivity contribution < 1.29 is 28.5 Å². The fourth-order valence-electron chi connectivity index (χ4n) is 4.70. The second-order valence-corrected chi connectivity index (χ2v) is 12.2. The summed E-state index contributed by atoms with van der Waals surface area (Å²) in [7, 11) is 1.43. The van der Waals surface area contributed by atoms with Crippen molar-refractivity contribution in [3.05, 3.63) is 68.4 Å². The molecule has 15 heteroatoms. The van der Waals surface area contributed by atoms with E-state index in [1.54, 1.807) is 6.92 Å². The largest absolute Gasteiger partial charge is 0.496 e. The Balaban J connectivity index is 1.90. The number of hydrogen-bond acceptors (Lipinski definition) is 10. The van der Waals surface area contributed by atoms with Gasteiger partial charge in [-0.05, 0) is 59.2 Å². The summed E-state index contributed by atoms with van der Waals surface area (Å²) < 4.78 is 34.5. The van der Waals surface area contributed by atoms with Gasteiger partial charge in [-0.15, -0.1) is 4.80 Å². The molecule has 0 fully saturated rings. The van der Waals surface area contributed by atoms with Gasteiger partial charge in [0.1, 0.15) is 33.5 Å². The van der Waals surface area contributed by atoms with Crippen molar-refractivity contribution in [3.63, 3.8) is 0 Å². The second-order valence-electron chi connectivity index (χ2n) is 11.2. The molecule has 0 saturated carbocycles. The third-order valence-corrected chi connectivity index (χ3v) is 8.43. The Hall–Kier alpha value is -3.92. The highest BCUT2D eigenvalue weighted by Gasteiger charge is 2.30. The van der Waals surface area contributed by atoms with Gasteiger partial charge in [0.25, 0.3) is 5.56 Å². The lowest BCUT2D eigenvalue weighted by molar-refractivity contribution is -0.140. The van der Waals surface area contributed by atoms with Crippen LogP contribution in [0.4, 0.5) is 4.39 Å². The maximum absolute atomic E-state index is 14.6. The number of aryl methyl sites for hydroxylation is 1. The Morgan fingerprint density at radius 2 is 1.89 bits per heavy atom. The van der Waals surface area contributed by atoms with Gasteiger partial charge in [0, 0.05) is 23.8 Å². The average molecular weight is 633 g/mol. The van der Waals surface area contributed by atoms with E-state index in [1.807, 2.05) is 20.8 Å². The molecular formula is C29H37FN6O7S. The first-order valence-corrected chi connectivity index (χ1v) is 14.8. The van der Waals surface area contributed by atoms with Crippen molar-refractivity contribution in [1.29, 1.82) is 0 Å². The molecule has 0 aliphatic rings. The molecule has 3 atom stereocenters. The number of nitrogens with two attached hydrogens (primary N) is 1. The van der Waals surface area contributed by atoms with Crippen LogP contribution in [0.25, 0.3) is 15.2 Å². The van der Waals surface area contributed by atoms with Gasteiger partial charge in [-0.3, -0.25) is 9.36 Å². The molecule has 13 nitrogen and oxygen atoms in total. The molecule has 3 aromatic heterocycles. The number of carbonyl (C=O) groups is 1. The maximum Gasteiger partial charge on any atom is 0.333 e. The number of fused-ring (bicyclic) bond motifs is 1. The van der Waals surface area contributed by atoms with E-state index < -0.39 is 40.8 Å². The molecule has 0 bridgehead atoms. The molecule has 4 aromatic rings. The van der Waals surface area contributed by atoms with Crippen LogP contribution in [-0.4, -0.2) is 67.2 Å². The summed E-state index contributed by atoms with van der Waals surface area (Å²) in [4.78, 5) is 41.2. The molecule has 4 rings (SSSR count). The van der Waals surface area contributed by atoms with Crippen LogP contribution in [0.15, 0.2) is 40.2 Å². The summed E-state index contributed by atoms with van der Waals surface area (Å²) in [6.45, 7) is 8.67. The van der Waals surface area contributed by atoms with Crippen LogP contribution in [0.3, 0.4) is 0 Å². The summed E-state index contributed by atoms with van der Waals surface area (Å²) >= 11 is 1.10. The first kappa shape index (κ1) is 33.0. The SMILES string of the molecule is COc1ccc(F)cc1[C@H](Cn1c(=O)n([C@H](C)C(=O)O)c(=O)c2c(C)c(-n3nccn3)sc21)OCC(C)(C)OCCC(C)N. The number of hydrogen-bond donors (Lipinski definition) is 2. The Labute approximate surface area is 256 Å². The second kappa shape index (κ2) is 13.4. The van der Waals surface area contributed by atoms with E-state index in [9.17, 15) is 23.9 Å². The van der Waals surface area contributed by atoms with Gasteiger partial charge in [-0.2, -0.15) is 10.2 Å². The predicted molar refractivity (Wildman–Crippen MR) is 162 cm³/mol. The number of rotatable bonds is 14. The van der Waals surface area contributed by atoms with Crippen LogP contribution in [0.5, 0.6) is 5.75 Å². The number of methoxy groups -OCH3 is 1. The van der Waals surface area contributed by atoms with E-state index in [2.05, 4.69) is 10.2 Å². The van der Waals surface area contributed by atoms with Crippen LogP contribution in [-0.2, 0) is 20.8 Å². The maximum atomic E-state index is 14.6. The normalized spacial score (nSPS) is 14.1. The van der Waals surface area contributed by atoms with Gasteiger partial charge < -0.3 is 25.1 Å². The number of carboxylic acid groups (broad SMARTS) is 1. The van der Waals surface area contributed by atoms with Crippen molar-refractivity contribution in [3.8, 4) is 10.8 Å². The van der Waals surface area contributed by atoms with Crippen molar-refractivity contribution in [2.24, 2.45) is 5.73 Å². The summed E-state index contributed by atoms with van der Waals surface area (Å²) in [5, 5.41) is 18.7. The van der Waals surface area contributed by atoms with E-state index in [0.717, 1.165) is 11.3 Å². The fraction of sp³-hybridized carbons (Fsp3) is 0.483. The monoisotopic (exact) mass is 632 g/mol. The van der Waals surface area contributed by atoms with Gasteiger partial charge in [0.2, 0.25) is 0 Å². The molecule has 3 heterocycles. The third kappa shape index (κ3) is 6.90. The summed E-state index contributed by atoms with van der Waals surface area (Å²) in [5.41, 5.74) is 4.22. The zero-order valence-electron chi connectivity index (χ0n) is 25.4. The molecule has 0 radical (unpaired) electrons. The highest BCUT2D eigenvalue weighted by molar-refractivity contribution is 7.21. The van der Waals surface area contributed by atoms with Crippen molar-refractivity contribution in [1.82, 2.24) is 24.1 Å². The molecule has 1 aromatic carbocycles. The Morgan fingerprint density at radius 3 is 2.50 bits per heavy atom. The number of aromatic nitrogens is 5. The van der Waals surface area contributed by atoms with E-state index in [1.165, 1.54) is 54.0 Å². The van der Waals surface area contributed by atoms with E-state index in [0.29, 0.717) is 39.5 Å². The Kier molecular flexibility index (Phi) is 10.0. The van der Waals surface area contributed by atoms with Gasteiger partial charge in [-0.25, -0.2) is 18.5 Å². The Bertz CT molecular complexity index is 1750. The number of benzene rings is 1. The minimum atomic E-state index is -1.48. The van der Waals surface area contributed by atoms with Gasteiger partial charge in [0.15, 0.2) is 0 Å². The quantitative estimate of drug-likeness (QED) is 0.211. The number of halogens is 1. The molecule has 0 spiro atoms. The van der Waals surface area contributed by atoms with E-state index >= 15 is 0 Å². The van der Waals surface area contributed by atoms with Gasteiger partial charge in [-0.1, -0.05) is 11.3 Å². The zero-order chi connectivity index (χ0) is 32.3. The van der Waals surface area contributed by atoms with Crippen molar-refractivity contribution in [2.75, 3.05) is 20.3 Å². The standard InChI is InChI=1S/C29H37FN6O7S/c1-16(31)9-12-43-29(4,5)15-42-22(20-13-19(30)7-8-21(20)41-6)14-34-26-23(17(2)25(44-26)36-32-10-11-33-36)24(37)35(28(34)40)18(3)27(38)39/h7-8,10-11,13,16,18,22H,9,12,14-15,31H2,1-6H3,(H,38,39)/t16?,18-,22+/m1/s1. The molecule has 0 saturated heterocycles. The van der Waals surface area contributed by atoms with Gasteiger partial charge >= 0.3 is 11.7 Å². The molecule has 0 aliphatic carbocycles. The van der Waals surface area contributed by atoms with Crippen LogP contribution in [0.1, 0.15) is 57.4 Å². The lowest BCUT2D eigenvalue weighted by atomic mass is 10.1. The number of carboxylic acids is 1. The first-order chi connectivity index (χ1) is 20.8. The highest BCUT2D eigenvalue weighted by atomic mass is 32.1. The minimum absolute atomic E-state index is 0.0330. The molecule has 1 unspecified atom stereocenters. The topological polar surface area (TPSA) is 166 Å². The average Bonchev–Trinajstić information content (AvgIpc) is 3.60. The van der Waals surface area contributed by atoms with Crippen LogP contribution >= 0.6 is 11.3 Å². The number of ether oxygens (including phenoxy) is 3. The lowest BCUT2D eigenvalue weighted by Crippen LogP contribution is -2.44. The van der Waals surface area contributed by atoms with Crippen LogP contribution in [0.2, 0.25) is 0 Å². The fourth-order valence-corrected chi connectivity index (χ4v) is 5.92. The van der Waals surface area contributed by atoms with E-state index in [-0.39, 0.29) is 29.4 Å². The summed E-state index contributed by atoms with van der Waals surface area (Å²) in [6, 6.07) is 2.42. The van der Waals surface area contributed by atoms with Crippen LogP contribution < -0.4 is 21.7 Å². The zero-order valence-corrected chi connectivity index (χ0v) is 26.3. The van der Waals surface area contributed by atoms with Crippen LogP contribution in [0, 0.1) is 12.7 Å². The first-order valence-electron chi connectivity index (χ1n) is 14.0. The smallest absolute Gasteiger partial charge is 0.333 e. The van der Waals surface area contributed by atoms with Crippen molar-refractivity contribution >= 4 is 27.5 Å². The van der Waals surface area contributed by atoms with Crippen molar-refractivity contribution in [2.45, 2.75) is 71.4 Å². The molecular weight excluding hydrogens is 595 g/mol. The molecule has 0 aliphatic heterocycles. The molecule has 0 amide bonds. The lowest BCUT2D eigenvalue weighted by Gasteiger charge is -2.29. The molecule has 3 N–H and O–H groups in total. The molecule has 238 valence electrons. The molecule has 44 heavy (non-hydrogen) atoms. The van der Waals surface area contributed by atoms with Gasteiger partial charge in [0.05, 0.1) is 43.6 Å². The predicted octanol–water partition coefficient (Wildman–Crippen LogP) is 3.20. The number of thiophene rings is 1. The third-order valence-electron chi connectivity index (χ3n) is 7.15. The van der Waals surface area contributed by atoms with E-state index in [4.69, 9.17) is 19.9 Å². The Morgan fingerprint density at radius 1 is 1.20 bits per heavy atom.